The Kier molecular flexibility index (Phi) is 2.76. The summed E-state index contributed by atoms with van der Waals surface area (Å²) in [5.74, 6) is 0.0369. The standard InChI is InChI=1S/C10H11N3O3S/c1-7-8(3-2-4-9(7)14)13-17(15,16)10-5-6-11-12-10/h2-6,13-14H,1H3,(H,11,12). The number of anilines is 1. The molecular weight excluding hydrogens is 242 g/mol. The van der Waals surface area contributed by atoms with E-state index in [1.807, 2.05) is 0 Å². The van der Waals surface area contributed by atoms with Crippen LogP contribution in [0.3, 0.4) is 0 Å². The molecule has 2 aromatic rings. The van der Waals surface area contributed by atoms with Crippen molar-refractivity contribution in [1.82, 2.24) is 10.2 Å². The van der Waals surface area contributed by atoms with Gasteiger partial charge in [-0.1, -0.05) is 6.07 Å². The van der Waals surface area contributed by atoms with Gasteiger partial charge in [-0.3, -0.25) is 9.82 Å². The van der Waals surface area contributed by atoms with Crippen molar-refractivity contribution in [2.24, 2.45) is 0 Å². The van der Waals surface area contributed by atoms with Crippen molar-refractivity contribution in [3.8, 4) is 5.75 Å². The number of aromatic hydroxyl groups is 1. The van der Waals surface area contributed by atoms with Gasteiger partial charge in [0.2, 0.25) is 0 Å². The summed E-state index contributed by atoms with van der Waals surface area (Å²) in [5, 5.41) is 15.4. The van der Waals surface area contributed by atoms with Gasteiger partial charge >= 0.3 is 0 Å². The summed E-state index contributed by atoms with van der Waals surface area (Å²) in [5.41, 5.74) is 0.801. The molecule has 1 heterocycles. The van der Waals surface area contributed by atoms with Crippen molar-refractivity contribution in [2.45, 2.75) is 11.9 Å². The molecule has 0 saturated heterocycles. The van der Waals surface area contributed by atoms with Crippen molar-refractivity contribution in [3.05, 3.63) is 36.0 Å². The zero-order valence-corrected chi connectivity index (χ0v) is 9.82. The first-order valence-corrected chi connectivity index (χ1v) is 6.30. The van der Waals surface area contributed by atoms with Crippen LogP contribution in [0, 0.1) is 6.92 Å². The van der Waals surface area contributed by atoms with Crippen molar-refractivity contribution >= 4 is 15.7 Å². The number of phenols is 1. The highest BCUT2D eigenvalue weighted by molar-refractivity contribution is 7.92. The molecule has 6 nitrogen and oxygen atoms in total. The van der Waals surface area contributed by atoms with Gasteiger partial charge in [-0.25, -0.2) is 0 Å². The van der Waals surface area contributed by atoms with Crippen LogP contribution in [0.1, 0.15) is 5.56 Å². The Bertz CT molecular complexity index is 620. The molecule has 0 spiro atoms. The highest BCUT2D eigenvalue weighted by atomic mass is 32.2. The van der Waals surface area contributed by atoms with Gasteiger partial charge in [0.25, 0.3) is 10.0 Å². The number of aromatic amines is 1. The lowest BCUT2D eigenvalue weighted by molar-refractivity contribution is 0.471. The second-order valence-corrected chi connectivity index (χ2v) is 5.13. The summed E-state index contributed by atoms with van der Waals surface area (Å²) >= 11 is 0. The molecule has 0 unspecified atom stereocenters. The molecule has 0 atom stereocenters. The number of aromatic nitrogens is 2. The van der Waals surface area contributed by atoms with Crippen LogP contribution >= 0.6 is 0 Å². The van der Waals surface area contributed by atoms with Gasteiger partial charge < -0.3 is 5.11 Å². The van der Waals surface area contributed by atoms with Crippen LogP contribution < -0.4 is 4.72 Å². The van der Waals surface area contributed by atoms with Crippen molar-refractivity contribution < 1.29 is 13.5 Å². The number of benzene rings is 1. The molecule has 3 N–H and O–H groups in total. The molecular formula is C10H11N3O3S. The van der Waals surface area contributed by atoms with Gasteiger partial charge in [-0.2, -0.15) is 13.5 Å². The van der Waals surface area contributed by atoms with Gasteiger partial charge in [0.15, 0.2) is 5.03 Å². The maximum absolute atomic E-state index is 11.9. The van der Waals surface area contributed by atoms with E-state index in [-0.39, 0.29) is 10.8 Å². The van der Waals surface area contributed by atoms with Gasteiger partial charge in [0.05, 0.1) is 11.9 Å². The molecule has 1 aromatic heterocycles. The molecule has 0 bridgehead atoms. The van der Waals surface area contributed by atoms with Gasteiger partial charge in [-0.05, 0) is 25.1 Å². The average Bonchev–Trinajstić information content (AvgIpc) is 2.78. The predicted octanol–water partition coefficient (Wildman–Crippen LogP) is 1.22. The smallest absolute Gasteiger partial charge is 0.278 e. The molecule has 0 amide bonds. The fourth-order valence-corrected chi connectivity index (χ4v) is 2.36. The number of sulfonamides is 1. The summed E-state index contributed by atoms with van der Waals surface area (Å²) in [7, 11) is -3.69. The van der Waals surface area contributed by atoms with E-state index in [0.29, 0.717) is 11.3 Å². The van der Waals surface area contributed by atoms with Crippen LogP contribution in [0.2, 0.25) is 0 Å². The van der Waals surface area contributed by atoms with E-state index >= 15 is 0 Å². The Morgan fingerprint density at radius 3 is 2.76 bits per heavy atom. The Balaban J connectivity index is 2.37. The van der Waals surface area contributed by atoms with E-state index in [4.69, 9.17) is 0 Å². The summed E-state index contributed by atoms with van der Waals surface area (Å²) in [4.78, 5) is 0. The molecule has 7 heteroatoms. The lowest BCUT2D eigenvalue weighted by Gasteiger charge is -2.09. The molecule has 1 aromatic carbocycles. The molecule has 0 aliphatic carbocycles. The molecule has 0 aliphatic rings. The molecule has 0 saturated carbocycles. The minimum Gasteiger partial charge on any atom is -0.508 e. The predicted molar refractivity (Wildman–Crippen MR) is 62.2 cm³/mol. The summed E-state index contributed by atoms with van der Waals surface area (Å²) < 4.78 is 26.1. The van der Waals surface area contributed by atoms with Crippen LogP contribution in [0.5, 0.6) is 5.75 Å². The Morgan fingerprint density at radius 2 is 2.12 bits per heavy atom. The number of nitrogens with one attached hydrogen (secondary N) is 2. The van der Waals surface area contributed by atoms with Crippen LogP contribution in [-0.2, 0) is 10.0 Å². The molecule has 17 heavy (non-hydrogen) atoms. The van der Waals surface area contributed by atoms with Gasteiger partial charge in [0, 0.05) is 5.56 Å². The summed E-state index contributed by atoms with van der Waals surface area (Å²) in [6.45, 7) is 1.63. The minimum absolute atomic E-state index is 0.0276. The second-order valence-electron chi connectivity index (χ2n) is 3.48. The number of hydrogen-bond acceptors (Lipinski definition) is 4. The lowest BCUT2D eigenvalue weighted by atomic mass is 10.2. The maximum atomic E-state index is 11.9. The SMILES string of the molecule is Cc1c(O)cccc1NS(=O)(=O)c1ccn[nH]1. The highest BCUT2D eigenvalue weighted by Gasteiger charge is 2.16. The van der Waals surface area contributed by atoms with E-state index in [1.165, 1.54) is 18.3 Å². The number of phenolic OH excluding ortho intramolecular Hbond substituents is 1. The number of nitrogens with zero attached hydrogens (tertiary/aromatic N) is 1. The zero-order valence-electron chi connectivity index (χ0n) is 9.01. The molecule has 90 valence electrons. The fourth-order valence-electron chi connectivity index (χ4n) is 1.33. The minimum atomic E-state index is -3.69. The summed E-state index contributed by atoms with van der Waals surface area (Å²) in [6.07, 6.45) is 1.35. The molecule has 0 fully saturated rings. The topological polar surface area (TPSA) is 95.1 Å². The van der Waals surface area contributed by atoms with E-state index < -0.39 is 10.0 Å². The van der Waals surface area contributed by atoms with Crippen molar-refractivity contribution in [3.63, 3.8) is 0 Å². The van der Waals surface area contributed by atoms with Gasteiger partial charge in [-0.15, -0.1) is 0 Å². The van der Waals surface area contributed by atoms with Crippen molar-refractivity contribution in [1.29, 1.82) is 0 Å². The maximum Gasteiger partial charge on any atom is 0.278 e. The van der Waals surface area contributed by atoms with Crippen LogP contribution in [-0.4, -0.2) is 23.7 Å². The third-order valence-corrected chi connectivity index (χ3v) is 3.61. The van der Waals surface area contributed by atoms with Crippen LogP contribution in [0.25, 0.3) is 0 Å². The van der Waals surface area contributed by atoms with Crippen LogP contribution in [0.15, 0.2) is 35.5 Å². The number of H-pyrrole nitrogens is 1. The Labute approximate surface area is 98.4 Å². The largest absolute Gasteiger partial charge is 0.508 e. The summed E-state index contributed by atoms with van der Waals surface area (Å²) in [6, 6.07) is 5.97. The zero-order chi connectivity index (χ0) is 12.5. The lowest BCUT2D eigenvalue weighted by Crippen LogP contribution is -2.14. The average molecular weight is 253 g/mol. The Morgan fingerprint density at radius 1 is 1.35 bits per heavy atom. The van der Waals surface area contributed by atoms with E-state index in [0.717, 1.165) is 0 Å². The molecule has 0 radical (unpaired) electrons. The third kappa shape index (κ3) is 2.23. The van der Waals surface area contributed by atoms with Gasteiger partial charge in [0.1, 0.15) is 5.75 Å². The first-order valence-electron chi connectivity index (χ1n) is 4.81. The Hall–Kier alpha value is -2.02. The monoisotopic (exact) mass is 253 g/mol. The third-order valence-electron chi connectivity index (χ3n) is 2.31. The number of hydrogen-bond donors (Lipinski definition) is 3. The van der Waals surface area contributed by atoms with E-state index in [2.05, 4.69) is 14.9 Å². The molecule has 2 rings (SSSR count). The first-order chi connectivity index (χ1) is 8.00. The normalized spacial score (nSPS) is 11.4. The highest BCUT2D eigenvalue weighted by Crippen LogP contribution is 2.25. The van der Waals surface area contributed by atoms with Crippen molar-refractivity contribution in [2.75, 3.05) is 4.72 Å². The molecule has 0 aliphatic heterocycles. The van der Waals surface area contributed by atoms with E-state index in [1.54, 1.807) is 19.1 Å². The second kappa shape index (κ2) is 4.10. The van der Waals surface area contributed by atoms with Crippen LogP contribution in [0.4, 0.5) is 5.69 Å². The first kappa shape index (κ1) is 11.5. The number of rotatable bonds is 3. The quantitative estimate of drug-likeness (QED) is 0.766. The van der Waals surface area contributed by atoms with E-state index in [9.17, 15) is 13.5 Å². The fraction of sp³-hybridized carbons (Fsp3) is 0.100.